The van der Waals surface area contributed by atoms with Crippen molar-refractivity contribution in [2.75, 3.05) is 18.2 Å². The number of methoxy groups -OCH3 is 1. The molecule has 3 rings (SSSR count). The first-order valence-electron chi connectivity index (χ1n) is 8.95. The maximum Gasteiger partial charge on any atom is 0.234 e. The Morgan fingerprint density at radius 2 is 1.93 bits per heavy atom. The van der Waals surface area contributed by atoms with Crippen molar-refractivity contribution in [2.45, 2.75) is 18.2 Å². The van der Waals surface area contributed by atoms with E-state index >= 15 is 0 Å². The van der Waals surface area contributed by atoms with E-state index in [9.17, 15) is 4.79 Å². The van der Waals surface area contributed by atoms with E-state index in [1.807, 2.05) is 36.7 Å². The molecule has 0 aliphatic rings. The van der Waals surface area contributed by atoms with Gasteiger partial charge in [0.2, 0.25) is 5.91 Å². The minimum absolute atomic E-state index is 0.164. The van der Waals surface area contributed by atoms with E-state index in [0.29, 0.717) is 38.2 Å². The van der Waals surface area contributed by atoms with Crippen molar-refractivity contribution >= 4 is 46.6 Å². The molecular weight excluding hydrogens is 447 g/mol. The molecule has 0 fully saturated rings. The summed E-state index contributed by atoms with van der Waals surface area (Å²) >= 11 is 13.1. The van der Waals surface area contributed by atoms with Crippen LogP contribution in [0.5, 0.6) is 11.5 Å². The molecule has 7 nitrogen and oxygen atoms in total. The predicted molar refractivity (Wildman–Crippen MR) is 119 cm³/mol. The molecule has 1 N–H and O–H groups in total. The van der Waals surface area contributed by atoms with Crippen LogP contribution in [0.4, 0.5) is 5.69 Å². The minimum Gasteiger partial charge on any atom is -0.497 e. The molecule has 2 aromatic carbocycles. The van der Waals surface area contributed by atoms with E-state index < -0.39 is 0 Å². The van der Waals surface area contributed by atoms with Crippen LogP contribution in [0.1, 0.15) is 18.9 Å². The zero-order valence-corrected chi connectivity index (χ0v) is 18.9. The largest absolute Gasteiger partial charge is 0.497 e. The Morgan fingerprint density at radius 1 is 1.17 bits per heavy atom. The molecule has 1 aromatic heterocycles. The van der Waals surface area contributed by atoms with Gasteiger partial charge >= 0.3 is 0 Å². The Labute approximate surface area is 188 Å². The summed E-state index contributed by atoms with van der Waals surface area (Å²) in [4.78, 5) is 12.2. The van der Waals surface area contributed by atoms with E-state index in [1.54, 1.807) is 31.4 Å². The van der Waals surface area contributed by atoms with Gasteiger partial charge in [-0.05, 0) is 37.3 Å². The van der Waals surface area contributed by atoms with Crippen LogP contribution in [0.2, 0.25) is 10.0 Å². The van der Waals surface area contributed by atoms with Gasteiger partial charge in [-0.25, -0.2) is 0 Å². The van der Waals surface area contributed by atoms with Gasteiger partial charge in [-0.3, -0.25) is 4.79 Å². The number of ether oxygens (including phenoxy) is 2. The summed E-state index contributed by atoms with van der Waals surface area (Å²) < 4.78 is 13.0. The summed E-state index contributed by atoms with van der Waals surface area (Å²) in [5, 5.41) is 12.6. The lowest BCUT2D eigenvalue weighted by molar-refractivity contribution is -0.113. The van der Waals surface area contributed by atoms with Crippen LogP contribution < -0.4 is 14.8 Å². The molecule has 0 saturated carbocycles. The third-order valence-electron chi connectivity index (χ3n) is 4.12. The number of nitrogens with zero attached hydrogens (tertiary/aromatic N) is 3. The monoisotopic (exact) mass is 466 g/mol. The normalized spacial score (nSPS) is 11.8. The van der Waals surface area contributed by atoms with E-state index in [-0.39, 0.29) is 17.8 Å². The number of nitrogens with one attached hydrogen (secondary N) is 1. The van der Waals surface area contributed by atoms with Gasteiger partial charge in [0.05, 0.1) is 22.9 Å². The van der Waals surface area contributed by atoms with Crippen LogP contribution >= 0.6 is 35.0 Å². The van der Waals surface area contributed by atoms with Gasteiger partial charge in [-0.15, -0.1) is 10.2 Å². The SMILES string of the molecule is COc1cccc(OC(C)c2nnc(SCC(=O)Nc3ccc(Cl)c(Cl)c3)n2C)c1. The van der Waals surface area contributed by atoms with Crippen molar-refractivity contribution in [3.05, 3.63) is 58.3 Å². The number of hydrogen-bond acceptors (Lipinski definition) is 6. The number of rotatable bonds is 8. The molecule has 10 heteroatoms. The van der Waals surface area contributed by atoms with Crippen molar-refractivity contribution < 1.29 is 14.3 Å². The topological polar surface area (TPSA) is 78.3 Å². The third-order valence-corrected chi connectivity index (χ3v) is 5.88. The molecule has 0 aliphatic carbocycles. The summed E-state index contributed by atoms with van der Waals surface area (Å²) in [6, 6.07) is 12.3. The number of benzene rings is 2. The molecule has 0 saturated heterocycles. The number of halogens is 2. The molecule has 158 valence electrons. The van der Waals surface area contributed by atoms with Crippen molar-refractivity contribution in [2.24, 2.45) is 7.05 Å². The zero-order valence-electron chi connectivity index (χ0n) is 16.6. The van der Waals surface area contributed by atoms with Crippen molar-refractivity contribution in [3.63, 3.8) is 0 Å². The molecule has 1 unspecified atom stereocenters. The highest BCUT2D eigenvalue weighted by Gasteiger charge is 2.18. The predicted octanol–water partition coefficient (Wildman–Crippen LogP) is 5.00. The lowest BCUT2D eigenvalue weighted by Gasteiger charge is -2.14. The fraction of sp³-hybridized carbons (Fsp3) is 0.250. The number of anilines is 1. The fourth-order valence-corrected chi connectivity index (χ4v) is 3.65. The zero-order chi connectivity index (χ0) is 21.7. The molecule has 1 amide bonds. The number of hydrogen-bond donors (Lipinski definition) is 1. The number of carbonyl (C=O) groups excluding carboxylic acids is 1. The fourth-order valence-electron chi connectivity index (χ4n) is 2.64. The van der Waals surface area contributed by atoms with E-state index in [0.717, 1.165) is 0 Å². The van der Waals surface area contributed by atoms with Crippen molar-refractivity contribution in [1.82, 2.24) is 14.8 Å². The smallest absolute Gasteiger partial charge is 0.234 e. The first-order valence-corrected chi connectivity index (χ1v) is 10.7. The van der Waals surface area contributed by atoms with Gasteiger partial charge in [-0.1, -0.05) is 41.0 Å². The second-order valence-electron chi connectivity index (χ2n) is 6.30. The summed E-state index contributed by atoms with van der Waals surface area (Å²) in [6.07, 6.45) is -0.339. The van der Waals surface area contributed by atoms with Gasteiger partial charge in [0.25, 0.3) is 0 Å². The van der Waals surface area contributed by atoms with Crippen LogP contribution in [0.25, 0.3) is 0 Å². The highest BCUT2D eigenvalue weighted by atomic mass is 35.5. The van der Waals surface area contributed by atoms with Crippen LogP contribution in [0, 0.1) is 0 Å². The Morgan fingerprint density at radius 3 is 2.67 bits per heavy atom. The summed E-state index contributed by atoms with van der Waals surface area (Å²) in [5.41, 5.74) is 0.578. The van der Waals surface area contributed by atoms with E-state index in [1.165, 1.54) is 11.8 Å². The Bertz CT molecular complexity index is 1040. The van der Waals surface area contributed by atoms with E-state index in [2.05, 4.69) is 15.5 Å². The highest BCUT2D eigenvalue weighted by Crippen LogP contribution is 2.27. The first kappa shape index (κ1) is 22.3. The average molecular weight is 467 g/mol. The molecule has 30 heavy (non-hydrogen) atoms. The standard InChI is InChI=1S/C20H20Cl2N4O3S/c1-12(29-15-6-4-5-14(10-15)28-3)19-24-25-20(26(19)2)30-11-18(27)23-13-7-8-16(21)17(22)9-13/h4-10,12H,11H2,1-3H3,(H,23,27). The summed E-state index contributed by atoms with van der Waals surface area (Å²) in [6.45, 7) is 1.88. The second-order valence-corrected chi connectivity index (χ2v) is 8.06. The van der Waals surface area contributed by atoms with Gasteiger partial charge < -0.3 is 19.4 Å². The molecule has 3 aromatic rings. The van der Waals surface area contributed by atoms with E-state index in [4.69, 9.17) is 32.7 Å². The average Bonchev–Trinajstić information content (AvgIpc) is 3.10. The van der Waals surface area contributed by atoms with Crippen LogP contribution in [-0.4, -0.2) is 33.5 Å². The number of carbonyl (C=O) groups is 1. The Hall–Kier alpha value is -2.42. The quantitative estimate of drug-likeness (QED) is 0.470. The first-order chi connectivity index (χ1) is 14.4. The van der Waals surface area contributed by atoms with Gasteiger partial charge in [0, 0.05) is 18.8 Å². The summed E-state index contributed by atoms with van der Waals surface area (Å²) in [7, 11) is 3.44. The third kappa shape index (κ3) is 5.59. The Balaban J connectivity index is 1.58. The van der Waals surface area contributed by atoms with Gasteiger partial charge in [0.15, 0.2) is 17.1 Å². The van der Waals surface area contributed by atoms with Crippen LogP contribution in [0.15, 0.2) is 47.6 Å². The van der Waals surface area contributed by atoms with Crippen molar-refractivity contribution in [3.8, 4) is 11.5 Å². The minimum atomic E-state index is -0.339. The van der Waals surface area contributed by atoms with Gasteiger partial charge in [0.1, 0.15) is 11.5 Å². The lowest BCUT2D eigenvalue weighted by atomic mass is 10.3. The number of aromatic nitrogens is 3. The van der Waals surface area contributed by atoms with Crippen LogP contribution in [-0.2, 0) is 11.8 Å². The molecular formula is C20H20Cl2N4O3S. The number of amides is 1. The van der Waals surface area contributed by atoms with Crippen LogP contribution in [0.3, 0.4) is 0 Å². The maximum atomic E-state index is 12.2. The lowest BCUT2D eigenvalue weighted by Crippen LogP contribution is -2.15. The molecule has 1 atom stereocenters. The molecule has 0 radical (unpaired) electrons. The highest BCUT2D eigenvalue weighted by molar-refractivity contribution is 7.99. The van der Waals surface area contributed by atoms with Gasteiger partial charge in [-0.2, -0.15) is 0 Å². The summed E-state index contributed by atoms with van der Waals surface area (Å²) in [5.74, 6) is 1.99. The molecule has 0 aliphatic heterocycles. The molecule has 0 bridgehead atoms. The number of thioether (sulfide) groups is 1. The molecule has 0 spiro atoms. The molecule has 1 heterocycles. The maximum absolute atomic E-state index is 12.2. The van der Waals surface area contributed by atoms with Crippen molar-refractivity contribution in [1.29, 1.82) is 0 Å². The second kappa shape index (κ2) is 10.1. The Kier molecular flexibility index (Phi) is 7.47.